The molecule has 3 heterocycles. The summed E-state index contributed by atoms with van der Waals surface area (Å²) in [5.74, 6) is -2.58. The van der Waals surface area contributed by atoms with Gasteiger partial charge in [0.15, 0.2) is 5.00 Å². The lowest BCUT2D eigenvalue weighted by Gasteiger charge is -2.41. The molecule has 3 unspecified atom stereocenters. The Labute approximate surface area is 171 Å². The number of anilines is 1. The molecular weight excluding hydrogens is 411 g/mol. The number of rotatable bonds is 3. The van der Waals surface area contributed by atoms with Crippen LogP contribution in [0.25, 0.3) is 11.4 Å². The Morgan fingerprint density at radius 3 is 2.71 bits per heavy atom. The first-order chi connectivity index (χ1) is 13.7. The molecule has 0 aliphatic carbocycles. The third kappa shape index (κ3) is 3.06. The van der Waals surface area contributed by atoms with Crippen molar-refractivity contribution in [3.63, 3.8) is 0 Å². The number of benzene rings is 1. The van der Waals surface area contributed by atoms with Crippen LogP contribution in [0.3, 0.4) is 0 Å². The normalized spacial score (nSPS) is 27.9. The summed E-state index contributed by atoms with van der Waals surface area (Å²) in [6.07, 6.45) is 2.58. The largest absolute Gasteiger partial charge is 0.356 e. The van der Waals surface area contributed by atoms with Gasteiger partial charge in [0.2, 0.25) is 5.95 Å². The molecule has 0 amide bonds. The molecule has 148 valence electrons. The summed E-state index contributed by atoms with van der Waals surface area (Å²) >= 11 is 11.8. The number of thiocarbonyl (C=S) groups is 1. The second kappa shape index (κ2) is 7.04. The number of likely N-dealkylation sites (tertiary alicyclic amines) is 1. The van der Waals surface area contributed by atoms with Crippen molar-refractivity contribution in [1.29, 1.82) is 0 Å². The predicted octanol–water partition coefficient (Wildman–Crippen LogP) is 4.11. The quantitative estimate of drug-likeness (QED) is 0.452. The first kappa shape index (κ1) is 17.9. The van der Waals surface area contributed by atoms with Gasteiger partial charge in [-0.2, -0.15) is 14.8 Å². The van der Waals surface area contributed by atoms with E-state index in [0.717, 1.165) is 11.8 Å². The lowest BCUT2D eigenvalue weighted by atomic mass is 9.94. The molecule has 0 saturated carbocycles. The molecule has 10 heteroatoms. The number of piperidine rings is 1. The lowest BCUT2D eigenvalue weighted by Crippen LogP contribution is -2.45. The Bertz CT molecular complexity index is 992. The fraction of sp³-hybridized carbons (Fsp3) is 0.389. The standard InChI is InChI=1S/C18H17ClF3N5S/c1-10-2-4-26(5-3-10)16-15(14-12(21)6-11(20)7-13(14)22)18(19,8-28)25-17-23-9-24-27(16)17/h6-10H,2-5H2,1H3,(H,23,24,25)/i4T. The van der Waals surface area contributed by atoms with Gasteiger partial charge in [-0.15, -0.1) is 0 Å². The van der Waals surface area contributed by atoms with Crippen molar-refractivity contribution in [1.82, 2.24) is 19.7 Å². The average Bonchev–Trinajstić information content (AvgIpc) is 3.09. The summed E-state index contributed by atoms with van der Waals surface area (Å²) in [5.41, 5.74) is -0.606. The summed E-state index contributed by atoms with van der Waals surface area (Å²) in [6, 6.07) is 1.16. The Morgan fingerprint density at radius 1 is 1.36 bits per heavy atom. The van der Waals surface area contributed by atoms with E-state index in [-0.39, 0.29) is 17.3 Å². The number of hydrogen-bond donors (Lipinski definition) is 1. The SMILES string of the molecule is [3H]C1CC(C)CCN1C1=C(c2c(F)cc(F)cc2F)C(Cl)(C=S)Nc2ncnn21. The lowest BCUT2D eigenvalue weighted by molar-refractivity contribution is 0.257. The van der Waals surface area contributed by atoms with Crippen LogP contribution in [0.4, 0.5) is 19.1 Å². The minimum Gasteiger partial charge on any atom is -0.356 e. The van der Waals surface area contributed by atoms with Gasteiger partial charge >= 0.3 is 0 Å². The Morgan fingerprint density at radius 2 is 2.07 bits per heavy atom. The molecule has 0 bridgehead atoms. The third-order valence-corrected chi connectivity index (χ3v) is 5.79. The first-order valence-corrected chi connectivity index (χ1v) is 9.52. The molecule has 1 fully saturated rings. The molecule has 1 aromatic heterocycles. The number of alkyl halides is 1. The van der Waals surface area contributed by atoms with E-state index < -0.39 is 34.5 Å². The van der Waals surface area contributed by atoms with E-state index in [4.69, 9.17) is 25.2 Å². The van der Waals surface area contributed by atoms with E-state index in [1.165, 1.54) is 11.0 Å². The zero-order valence-corrected chi connectivity index (χ0v) is 16.4. The maximum atomic E-state index is 14.8. The van der Waals surface area contributed by atoms with Crippen LogP contribution in [0.5, 0.6) is 0 Å². The predicted molar refractivity (Wildman–Crippen MR) is 105 cm³/mol. The first-order valence-electron chi connectivity index (χ1n) is 9.25. The molecule has 3 atom stereocenters. The summed E-state index contributed by atoms with van der Waals surface area (Å²) in [7, 11) is 0. The number of nitrogens with zero attached hydrogens (tertiary/aromatic N) is 4. The molecule has 2 aliphatic heterocycles. The van der Waals surface area contributed by atoms with E-state index in [9.17, 15) is 13.2 Å². The van der Waals surface area contributed by atoms with Crippen molar-refractivity contribution in [2.45, 2.75) is 24.8 Å². The number of fused-ring (bicyclic) bond motifs is 1. The van der Waals surface area contributed by atoms with Crippen LogP contribution in [-0.2, 0) is 0 Å². The number of halogens is 4. The molecule has 0 radical (unpaired) electrons. The summed E-state index contributed by atoms with van der Waals surface area (Å²) in [6.45, 7) is 1.79. The number of nitrogens with one attached hydrogen (secondary N) is 1. The van der Waals surface area contributed by atoms with Crippen LogP contribution in [-0.4, -0.2) is 43.1 Å². The highest BCUT2D eigenvalue weighted by molar-refractivity contribution is 7.79. The molecule has 2 aromatic rings. The van der Waals surface area contributed by atoms with E-state index in [0.29, 0.717) is 31.0 Å². The molecule has 28 heavy (non-hydrogen) atoms. The Kier molecular flexibility index (Phi) is 4.51. The number of hydrogen-bond acceptors (Lipinski definition) is 5. The van der Waals surface area contributed by atoms with Crippen molar-refractivity contribution in [3.8, 4) is 0 Å². The summed E-state index contributed by atoms with van der Waals surface area (Å²) < 4.78 is 53.1. The minimum atomic E-state index is -1.73. The Hall–Kier alpha value is -2.13. The second-order valence-corrected chi connectivity index (χ2v) is 7.73. The monoisotopic (exact) mass is 429 g/mol. The van der Waals surface area contributed by atoms with Gasteiger partial charge in [-0.05, 0) is 18.8 Å². The van der Waals surface area contributed by atoms with Crippen LogP contribution in [0.1, 0.15) is 26.7 Å². The van der Waals surface area contributed by atoms with Crippen LogP contribution < -0.4 is 5.32 Å². The van der Waals surface area contributed by atoms with Gasteiger partial charge in [0.05, 0.1) is 11.1 Å². The topological polar surface area (TPSA) is 46.0 Å². The highest BCUT2D eigenvalue weighted by Crippen LogP contribution is 2.44. The van der Waals surface area contributed by atoms with Gasteiger partial charge in [0.25, 0.3) is 0 Å². The number of aromatic nitrogens is 3. The van der Waals surface area contributed by atoms with Gasteiger partial charge in [-0.3, -0.25) is 0 Å². The van der Waals surface area contributed by atoms with Crippen molar-refractivity contribution in [3.05, 3.63) is 41.5 Å². The van der Waals surface area contributed by atoms with Crippen LogP contribution >= 0.6 is 23.8 Å². The van der Waals surface area contributed by atoms with Gasteiger partial charge in [-0.25, -0.2) is 13.2 Å². The maximum absolute atomic E-state index is 14.8. The maximum Gasteiger partial charge on any atom is 0.229 e. The van der Waals surface area contributed by atoms with Crippen LogP contribution in [0.15, 0.2) is 18.5 Å². The van der Waals surface area contributed by atoms with E-state index >= 15 is 0 Å². The van der Waals surface area contributed by atoms with E-state index in [1.807, 2.05) is 6.92 Å². The molecule has 4 rings (SSSR count). The van der Waals surface area contributed by atoms with Gasteiger partial charge in [0, 0.05) is 31.9 Å². The minimum absolute atomic E-state index is 0.0750. The Balaban J connectivity index is 2.05. The van der Waals surface area contributed by atoms with E-state index in [1.54, 1.807) is 4.90 Å². The smallest absolute Gasteiger partial charge is 0.229 e. The molecule has 0 spiro atoms. The molecular formula is C18H17ClF3N5S. The zero-order chi connectivity index (χ0) is 20.9. The molecule has 5 nitrogen and oxygen atoms in total. The van der Waals surface area contributed by atoms with Gasteiger partial charge in [-0.1, -0.05) is 30.7 Å². The highest BCUT2D eigenvalue weighted by atomic mass is 35.5. The van der Waals surface area contributed by atoms with Crippen molar-refractivity contribution in [2.75, 3.05) is 18.4 Å². The molecule has 2 aliphatic rings. The van der Waals surface area contributed by atoms with E-state index in [2.05, 4.69) is 15.4 Å². The molecule has 1 aromatic carbocycles. The highest BCUT2D eigenvalue weighted by Gasteiger charge is 2.44. The van der Waals surface area contributed by atoms with Crippen molar-refractivity contribution >= 4 is 46.5 Å². The third-order valence-electron chi connectivity index (χ3n) is 4.91. The van der Waals surface area contributed by atoms with Crippen molar-refractivity contribution < 1.29 is 14.5 Å². The fourth-order valence-corrected chi connectivity index (χ4v) is 3.91. The summed E-state index contributed by atoms with van der Waals surface area (Å²) in [5, 5.41) is 8.11. The molecule has 1 N–H and O–H groups in total. The second-order valence-electron chi connectivity index (χ2n) is 6.90. The van der Waals surface area contributed by atoms with Crippen LogP contribution in [0, 0.1) is 23.4 Å². The van der Waals surface area contributed by atoms with Crippen LogP contribution in [0.2, 0.25) is 0 Å². The van der Waals surface area contributed by atoms with Gasteiger partial charge in [0.1, 0.15) is 29.6 Å². The zero-order valence-electron chi connectivity index (χ0n) is 15.8. The fourth-order valence-electron chi connectivity index (χ4n) is 3.47. The van der Waals surface area contributed by atoms with Gasteiger partial charge < -0.3 is 10.2 Å². The molecule has 1 saturated heterocycles. The van der Waals surface area contributed by atoms with Crippen molar-refractivity contribution in [2.24, 2.45) is 5.92 Å². The average molecular weight is 430 g/mol. The summed E-state index contributed by atoms with van der Waals surface area (Å²) in [4.78, 5) is 4.04.